The van der Waals surface area contributed by atoms with Gasteiger partial charge in [-0.05, 0) is 19.1 Å². The molecule has 7 heteroatoms. The average molecular weight is 243 g/mol. The van der Waals surface area contributed by atoms with Crippen molar-refractivity contribution < 1.29 is 4.92 Å². The van der Waals surface area contributed by atoms with Gasteiger partial charge in [-0.25, -0.2) is 9.67 Å². The lowest BCUT2D eigenvalue weighted by atomic mass is 10.2. The highest BCUT2D eigenvalue weighted by molar-refractivity contribution is 5.56. The number of nitrogens with zero attached hydrogens (tertiary/aromatic N) is 5. The van der Waals surface area contributed by atoms with Gasteiger partial charge in [-0.3, -0.25) is 10.1 Å². The molecule has 0 fully saturated rings. The van der Waals surface area contributed by atoms with Crippen LogP contribution in [-0.2, 0) is 0 Å². The van der Waals surface area contributed by atoms with Crippen molar-refractivity contribution in [2.24, 2.45) is 0 Å². The lowest BCUT2D eigenvalue weighted by Crippen LogP contribution is -2.02. The highest BCUT2D eigenvalue weighted by atomic mass is 16.6. The van der Waals surface area contributed by atoms with Crippen LogP contribution in [0, 0.1) is 21.4 Å². The normalized spacial score (nSPS) is 11.8. The zero-order valence-corrected chi connectivity index (χ0v) is 9.52. The van der Waals surface area contributed by atoms with Crippen LogP contribution in [0.25, 0.3) is 11.4 Å². The molecule has 0 aliphatic rings. The Labute approximate surface area is 102 Å². The van der Waals surface area contributed by atoms with Crippen molar-refractivity contribution in [1.29, 1.82) is 5.26 Å². The topological polar surface area (TPSA) is 97.6 Å². The maximum absolute atomic E-state index is 10.5. The van der Waals surface area contributed by atoms with Gasteiger partial charge in [0, 0.05) is 17.7 Å². The van der Waals surface area contributed by atoms with Gasteiger partial charge in [0.05, 0.1) is 11.0 Å². The van der Waals surface area contributed by atoms with Gasteiger partial charge < -0.3 is 0 Å². The molecule has 2 aromatic rings. The predicted octanol–water partition coefficient (Wildman–Crippen LogP) is 1.94. The maximum Gasteiger partial charge on any atom is 0.269 e. The zero-order valence-electron chi connectivity index (χ0n) is 9.52. The first kappa shape index (κ1) is 11.7. The third-order valence-electron chi connectivity index (χ3n) is 2.43. The molecule has 0 N–H and O–H groups in total. The summed E-state index contributed by atoms with van der Waals surface area (Å²) >= 11 is 0. The summed E-state index contributed by atoms with van der Waals surface area (Å²) in [6, 6.07) is 7.58. The molecule has 2 rings (SSSR count). The van der Waals surface area contributed by atoms with Crippen LogP contribution in [-0.4, -0.2) is 19.7 Å². The molecule has 90 valence electrons. The maximum atomic E-state index is 10.5. The summed E-state index contributed by atoms with van der Waals surface area (Å²) in [6.45, 7) is 1.70. The molecule has 18 heavy (non-hydrogen) atoms. The van der Waals surface area contributed by atoms with Gasteiger partial charge in [-0.1, -0.05) is 0 Å². The fourth-order valence-electron chi connectivity index (χ4n) is 1.39. The van der Waals surface area contributed by atoms with Crippen LogP contribution in [0.1, 0.15) is 13.0 Å². The van der Waals surface area contributed by atoms with E-state index in [1.165, 1.54) is 23.1 Å². The van der Waals surface area contributed by atoms with Gasteiger partial charge in [0.2, 0.25) is 0 Å². The summed E-state index contributed by atoms with van der Waals surface area (Å²) in [7, 11) is 0. The third-order valence-corrected chi connectivity index (χ3v) is 2.43. The molecule has 1 unspecified atom stereocenters. The van der Waals surface area contributed by atoms with E-state index in [1.807, 2.05) is 6.07 Å². The Morgan fingerprint density at radius 1 is 1.44 bits per heavy atom. The minimum absolute atomic E-state index is 0.0172. The Morgan fingerprint density at radius 2 is 2.11 bits per heavy atom. The molecular weight excluding hydrogens is 234 g/mol. The number of non-ortho nitro benzene ring substituents is 1. The van der Waals surface area contributed by atoms with E-state index in [-0.39, 0.29) is 5.69 Å². The van der Waals surface area contributed by atoms with Crippen molar-refractivity contribution in [2.75, 3.05) is 0 Å². The van der Waals surface area contributed by atoms with Crippen LogP contribution >= 0.6 is 0 Å². The minimum Gasteiger partial charge on any atom is -0.258 e. The smallest absolute Gasteiger partial charge is 0.258 e. The molecule has 0 bridgehead atoms. The number of hydrogen-bond donors (Lipinski definition) is 0. The van der Waals surface area contributed by atoms with E-state index in [2.05, 4.69) is 10.1 Å². The fourth-order valence-corrected chi connectivity index (χ4v) is 1.39. The largest absolute Gasteiger partial charge is 0.269 e. The summed E-state index contributed by atoms with van der Waals surface area (Å²) in [6.07, 6.45) is 1.46. The first-order valence-corrected chi connectivity index (χ1v) is 5.17. The Hall–Kier alpha value is -2.75. The summed E-state index contributed by atoms with van der Waals surface area (Å²) in [5.74, 6) is 0.437. The van der Waals surface area contributed by atoms with Crippen molar-refractivity contribution in [3.05, 3.63) is 40.7 Å². The van der Waals surface area contributed by atoms with Gasteiger partial charge >= 0.3 is 0 Å². The first-order chi connectivity index (χ1) is 8.61. The molecule has 0 spiro atoms. The molecular formula is C11H9N5O2. The fraction of sp³-hybridized carbons (Fsp3) is 0.182. The van der Waals surface area contributed by atoms with E-state index in [9.17, 15) is 10.1 Å². The van der Waals surface area contributed by atoms with Gasteiger partial charge in [-0.15, -0.1) is 5.10 Å². The van der Waals surface area contributed by atoms with Crippen LogP contribution < -0.4 is 0 Å². The molecule has 0 aliphatic heterocycles. The van der Waals surface area contributed by atoms with Crippen LogP contribution in [0.15, 0.2) is 30.6 Å². The van der Waals surface area contributed by atoms with Crippen molar-refractivity contribution in [2.45, 2.75) is 13.0 Å². The average Bonchev–Trinajstić information content (AvgIpc) is 2.87. The molecule has 0 saturated heterocycles. The van der Waals surface area contributed by atoms with E-state index >= 15 is 0 Å². The van der Waals surface area contributed by atoms with Crippen LogP contribution in [0.4, 0.5) is 5.69 Å². The number of aromatic nitrogens is 3. The van der Waals surface area contributed by atoms with Crippen molar-refractivity contribution >= 4 is 5.69 Å². The summed E-state index contributed by atoms with van der Waals surface area (Å²) in [5, 5.41) is 23.4. The minimum atomic E-state index is -0.465. The molecule has 7 nitrogen and oxygen atoms in total. The van der Waals surface area contributed by atoms with Gasteiger partial charge in [0.25, 0.3) is 5.69 Å². The summed E-state index contributed by atoms with van der Waals surface area (Å²) in [4.78, 5) is 14.1. The Morgan fingerprint density at radius 3 is 2.67 bits per heavy atom. The molecule has 1 heterocycles. The Bertz CT molecular complexity index is 611. The number of benzene rings is 1. The second-order valence-corrected chi connectivity index (χ2v) is 3.66. The van der Waals surface area contributed by atoms with Gasteiger partial charge in [0.15, 0.2) is 5.82 Å². The number of nitriles is 1. The summed E-state index contributed by atoms with van der Waals surface area (Å²) in [5.41, 5.74) is 0.688. The second kappa shape index (κ2) is 4.63. The standard InChI is InChI=1S/C11H9N5O2/c1-8(6-12)15-7-13-11(14-15)9-2-4-10(5-3-9)16(17)18/h2-5,7-8H,1H3. The first-order valence-electron chi connectivity index (χ1n) is 5.17. The number of hydrogen-bond acceptors (Lipinski definition) is 5. The second-order valence-electron chi connectivity index (χ2n) is 3.66. The van der Waals surface area contributed by atoms with Crippen molar-refractivity contribution in [3.63, 3.8) is 0 Å². The van der Waals surface area contributed by atoms with Crippen LogP contribution in [0.2, 0.25) is 0 Å². The molecule has 1 aromatic carbocycles. The molecule has 0 saturated carbocycles. The monoisotopic (exact) mass is 243 g/mol. The van der Waals surface area contributed by atoms with E-state index in [1.54, 1.807) is 19.1 Å². The molecule has 0 aliphatic carbocycles. The van der Waals surface area contributed by atoms with Gasteiger partial charge in [0.1, 0.15) is 12.4 Å². The molecule has 0 radical (unpaired) electrons. The number of nitro benzene ring substituents is 1. The van der Waals surface area contributed by atoms with E-state index in [4.69, 9.17) is 5.26 Å². The highest BCUT2D eigenvalue weighted by Crippen LogP contribution is 2.19. The van der Waals surface area contributed by atoms with E-state index < -0.39 is 11.0 Å². The Kier molecular flexibility index (Phi) is 3.02. The zero-order chi connectivity index (χ0) is 13.1. The van der Waals surface area contributed by atoms with E-state index in [0.29, 0.717) is 11.4 Å². The molecule has 0 amide bonds. The highest BCUT2D eigenvalue weighted by Gasteiger charge is 2.10. The molecule has 1 atom stereocenters. The SMILES string of the molecule is CC(C#N)n1cnc(-c2ccc([N+](=O)[O-])cc2)n1. The van der Waals surface area contributed by atoms with Crippen molar-refractivity contribution in [3.8, 4) is 17.5 Å². The lowest BCUT2D eigenvalue weighted by Gasteiger charge is -1.99. The third kappa shape index (κ3) is 2.17. The van der Waals surface area contributed by atoms with E-state index in [0.717, 1.165) is 0 Å². The van der Waals surface area contributed by atoms with Crippen LogP contribution in [0.5, 0.6) is 0 Å². The quantitative estimate of drug-likeness (QED) is 0.606. The molecule has 1 aromatic heterocycles. The predicted molar refractivity (Wildman–Crippen MR) is 62.4 cm³/mol. The van der Waals surface area contributed by atoms with Crippen LogP contribution in [0.3, 0.4) is 0 Å². The number of rotatable bonds is 3. The Balaban J connectivity index is 2.29. The van der Waals surface area contributed by atoms with Gasteiger partial charge in [-0.2, -0.15) is 5.26 Å². The van der Waals surface area contributed by atoms with Crippen molar-refractivity contribution in [1.82, 2.24) is 14.8 Å². The lowest BCUT2D eigenvalue weighted by molar-refractivity contribution is -0.384. The summed E-state index contributed by atoms with van der Waals surface area (Å²) < 4.78 is 1.44. The number of nitro groups is 1.